The van der Waals surface area contributed by atoms with E-state index in [1.807, 2.05) is 6.20 Å². The molecule has 0 bridgehead atoms. The van der Waals surface area contributed by atoms with Crippen molar-refractivity contribution in [2.24, 2.45) is 5.14 Å². The SMILES string of the molecule is NS(=O)(=O)c1ccc(CCNCc2ccc3cc[nH]c3c2)cc1. The number of H-pyrrole nitrogens is 1. The largest absolute Gasteiger partial charge is 0.361 e. The third-order valence-electron chi connectivity index (χ3n) is 3.79. The number of hydrogen-bond acceptors (Lipinski definition) is 3. The van der Waals surface area contributed by atoms with Crippen molar-refractivity contribution in [2.75, 3.05) is 6.54 Å². The number of aromatic amines is 1. The number of fused-ring (bicyclic) bond motifs is 1. The smallest absolute Gasteiger partial charge is 0.238 e. The van der Waals surface area contributed by atoms with Crippen LogP contribution in [-0.2, 0) is 23.0 Å². The molecule has 0 spiro atoms. The molecular weight excluding hydrogens is 310 g/mol. The maximum Gasteiger partial charge on any atom is 0.238 e. The molecule has 0 fully saturated rings. The van der Waals surface area contributed by atoms with Crippen LogP contribution in [0.4, 0.5) is 0 Å². The van der Waals surface area contributed by atoms with Crippen molar-refractivity contribution in [3.8, 4) is 0 Å². The summed E-state index contributed by atoms with van der Waals surface area (Å²) in [6, 6.07) is 15.1. The van der Waals surface area contributed by atoms with Gasteiger partial charge in [0.25, 0.3) is 0 Å². The first-order valence-electron chi connectivity index (χ1n) is 7.41. The monoisotopic (exact) mass is 329 g/mol. The fourth-order valence-corrected chi connectivity index (χ4v) is 3.03. The Balaban J connectivity index is 1.51. The predicted octanol–water partition coefficient (Wildman–Crippen LogP) is 2.15. The molecule has 3 rings (SSSR count). The van der Waals surface area contributed by atoms with E-state index in [9.17, 15) is 8.42 Å². The molecule has 23 heavy (non-hydrogen) atoms. The predicted molar refractivity (Wildman–Crippen MR) is 91.5 cm³/mol. The molecule has 0 aliphatic rings. The van der Waals surface area contributed by atoms with Crippen LogP contribution in [0.3, 0.4) is 0 Å². The lowest BCUT2D eigenvalue weighted by Crippen LogP contribution is -2.17. The van der Waals surface area contributed by atoms with E-state index in [1.54, 1.807) is 24.3 Å². The van der Waals surface area contributed by atoms with Crippen molar-refractivity contribution in [3.05, 3.63) is 65.9 Å². The second kappa shape index (κ2) is 6.54. The van der Waals surface area contributed by atoms with Gasteiger partial charge in [0.1, 0.15) is 0 Å². The second-order valence-electron chi connectivity index (χ2n) is 5.52. The lowest BCUT2D eigenvalue weighted by Gasteiger charge is -2.06. The number of hydrogen-bond donors (Lipinski definition) is 3. The molecule has 0 saturated heterocycles. The lowest BCUT2D eigenvalue weighted by atomic mass is 10.1. The van der Waals surface area contributed by atoms with Crippen LogP contribution in [0.1, 0.15) is 11.1 Å². The summed E-state index contributed by atoms with van der Waals surface area (Å²) in [7, 11) is -3.61. The van der Waals surface area contributed by atoms with E-state index in [2.05, 4.69) is 34.6 Å². The Labute approximate surface area is 135 Å². The van der Waals surface area contributed by atoms with Crippen molar-refractivity contribution in [1.29, 1.82) is 0 Å². The molecule has 0 aliphatic carbocycles. The highest BCUT2D eigenvalue weighted by atomic mass is 32.2. The van der Waals surface area contributed by atoms with Crippen molar-refractivity contribution >= 4 is 20.9 Å². The van der Waals surface area contributed by atoms with Crippen LogP contribution >= 0.6 is 0 Å². The maximum atomic E-state index is 11.2. The second-order valence-corrected chi connectivity index (χ2v) is 7.08. The summed E-state index contributed by atoms with van der Waals surface area (Å²) >= 11 is 0. The number of nitrogens with two attached hydrogens (primary N) is 1. The summed E-state index contributed by atoms with van der Waals surface area (Å²) in [5.74, 6) is 0. The lowest BCUT2D eigenvalue weighted by molar-refractivity contribution is 0.597. The van der Waals surface area contributed by atoms with Crippen LogP contribution in [0.5, 0.6) is 0 Å². The Kier molecular flexibility index (Phi) is 4.47. The molecule has 0 atom stereocenters. The van der Waals surface area contributed by atoms with Gasteiger partial charge < -0.3 is 10.3 Å². The zero-order valence-corrected chi connectivity index (χ0v) is 13.4. The first-order valence-corrected chi connectivity index (χ1v) is 8.95. The average Bonchev–Trinajstić information content (AvgIpc) is 2.99. The van der Waals surface area contributed by atoms with Crippen molar-refractivity contribution in [3.63, 3.8) is 0 Å². The van der Waals surface area contributed by atoms with Crippen molar-refractivity contribution < 1.29 is 8.42 Å². The van der Waals surface area contributed by atoms with Crippen LogP contribution in [0, 0.1) is 0 Å². The highest BCUT2D eigenvalue weighted by Crippen LogP contribution is 2.14. The van der Waals surface area contributed by atoms with Crippen LogP contribution in [0.25, 0.3) is 10.9 Å². The normalized spacial score (nSPS) is 11.9. The van der Waals surface area contributed by atoms with Gasteiger partial charge in [0.15, 0.2) is 0 Å². The fourth-order valence-electron chi connectivity index (χ4n) is 2.52. The van der Waals surface area contributed by atoms with Crippen LogP contribution < -0.4 is 10.5 Å². The molecule has 0 aliphatic heterocycles. The zero-order chi connectivity index (χ0) is 16.3. The standard InChI is InChI=1S/C17H19N3O2S/c18-23(21,22)16-5-2-13(3-6-16)7-9-19-12-14-1-4-15-8-10-20-17(15)11-14/h1-6,8,10-11,19-20H,7,9,12H2,(H2,18,21,22). The Morgan fingerprint density at radius 2 is 1.74 bits per heavy atom. The molecule has 3 aromatic rings. The van der Waals surface area contributed by atoms with Gasteiger partial charge in [-0.05, 0) is 53.7 Å². The highest BCUT2D eigenvalue weighted by molar-refractivity contribution is 7.89. The first-order chi connectivity index (χ1) is 11.0. The maximum absolute atomic E-state index is 11.2. The zero-order valence-electron chi connectivity index (χ0n) is 12.6. The summed E-state index contributed by atoms with van der Waals surface area (Å²) < 4.78 is 22.4. The molecule has 6 heteroatoms. The van der Waals surface area contributed by atoms with Gasteiger partial charge in [0.2, 0.25) is 10.0 Å². The Hall–Kier alpha value is -2.15. The Morgan fingerprint density at radius 3 is 2.48 bits per heavy atom. The third-order valence-corrected chi connectivity index (χ3v) is 4.72. The van der Waals surface area contributed by atoms with Gasteiger partial charge in [-0.1, -0.05) is 24.3 Å². The summed E-state index contributed by atoms with van der Waals surface area (Å²) in [5.41, 5.74) is 3.44. The molecule has 0 radical (unpaired) electrons. The molecule has 1 heterocycles. The summed E-state index contributed by atoms with van der Waals surface area (Å²) in [6.07, 6.45) is 2.77. The number of primary sulfonamides is 1. The first kappa shape index (κ1) is 15.7. The van der Waals surface area contributed by atoms with Gasteiger partial charge in [-0.3, -0.25) is 0 Å². The quantitative estimate of drug-likeness (QED) is 0.606. The minimum absolute atomic E-state index is 0.147. The number of benzene rings is 2. The molecule has 4 N–H and O–H groups in total. The Bertz CT molecular complexity index is 899. The molecule has 0 saturated carbocycles. The van der Waals surface area contributed by atoms with E-state index in [-0.39, 0.29) is 4.90 Å². The van der Waals surface area contributed by atoms with Gasteiger partial charge in [0, 0.05) is 18.3 Å². The summed E-state index contributed by atoms with van der Waals surface area (Å²) in [5, 5.41) is 9.69. The molecular formula is C17H19N3O2S. The molecule has 2 aromatic carbocycles. The van der Waals surface area contributed by atoms with Gasteiger partial charge in [0.05, 0.1) is 4.90 Å². The fraction of sp³-hybridized carbons (Fsp3) is 0.176. The van der Waals surface area contributed by atoms with Gasteiger partial charge in [-0.2, -0.15) is 0 Å². The summed E-state index contributed by atoms with van der Waals surface area (Å²) in [4.78, 5) is 3.35. The van der Waals surface area contributed by atoms with E-state index in [0.717, 1.165) is 30.6 Å². The minimum Gasteiger partial charge on any atom is -0.361 e. The van der Waals surface area contributed by atoms with Crippen LogP contribution in [0.2, 0.25) is 0 Å². The average molecular weight is 329 g/mol. The number of nitrogens with one attached hydrogen (secondary N) is 2. The number of aromatic nitrogens is 1. The summed E-state index contributed by atoms with van der Waals surface area (Å²) in [6.45, 7) is 1.61. The molecule has 5 nitrogen and oxygen atoms in total. The number of sulfonamides is 1. The van der Waals surface area contributed by atoms with Crippen molar-refractivity contribution in [2.45, 2.75) is 17.9 Å². The van der Waals surface area contributed by atoms with Gasteiger partial charge >= 0.3 is 0 Å². The van der Waals surface area contributed by atoms with Gasteiger partial charge in [-0.25, -0.2) is 13.6 Å². The van der Waals surface area contributed by atoms with E-state index in [4.69, 9.17) is 5.14 Å². The number of rotatable bonds is 6. The minimum atomic E-state index is -3.61. The van der Waals surface area contributed by atoms with Crippen molar-refractivity contribution in [1.82, 2.24) is 10.3 Å². The third kappa shape index (κ3) is 3.98. The molecule has 0 unspecified atom stereocenters. The molecule has 1 aromatic heterocycles. The van der Waals surface area contributed by atoms with Crippen LogP contribution in [-0.4, -0.2) is 19.9 Å². The van der Waals surface area contributed by atoms with Gasteiger partial charge in [-0.15, -0.1) is 0 Å². The topological polar surface area (TPSA) is 88.0 Å². The molecule has 120 valence electrons. The van der Waals surface area contributed by atoms with E-state index >= 15 is 0 Å². The molecule has 0 amide bonds. The Morgan fingerprint density at radius 1 is 1.00 bits per heavy atom. The van der Waals surface area contributed by atoms with Crippen LogP contribution in [0.15, 0.2) is 59.6 Å². The van der Waals surface area contributed by atoms with E-state index in [0.29, 0.717) is 0 Å². The highest BCUT2D eigenvalue weighted by Gasteiger charge is 2.06. The van der Waals surface area contributed by atoms with E-state index < -0.39 is 10.0 Å². The van der Waals surface area contributed by atoms with E-state index in [1.165, 1.54) is 10.9 Å².